The first-order chi connectivity index (χ1) is 11.6. The van der Waals surface area contributed by atoms with Crippen molar-refractivity contribution in [2.75, 3.05) is 7.11 Å². The molecule has 5 nitrogen and oxygen atoms in total. The zero-order chi connectivity index (χ0) is 16.9. The van der Waals surface area contributed by atoms with Gasteiger partial charge in [-0.25, -0.2) is 4.79 Å². The first-order valence-corrected chi connectivity index (χ1v) is 8.50. The number of aromatic nitrogens is 1. The number of thiophene rings is 1. The van der Waals surface area contributed by atoms with Gasteiger partial charge in [0.15, 0.2) is 0 Å². The highest BCUT2D eigenvalue weighted by atomic mass is 32.1. The molecule has 0 unspecified atom stereocenters. The van der Waals surface area contributed by atoms with Crippen molar-refractivity contribution >= 4 is 27.6 Å². The topological polar surface area (TPSA) is 63.2 Å². The number of methoxy groups -OCH3 is 1. The summed E-state index contributed by atoms with van der Waals surface area (Å²) in [5, 5.41) is 7.72. The maximum Gasteiger partial charge on any atom is 0.315 e. The fourth-order valence-electron chi connectivity index (χ4n) is 2.46. The van der Waals surface area contributed by atoms with E-state index >= 15 is 0 Å². The number of nitrogens with one attached hydrogen (secondary N) is 2. The van der Waals surface area contributed by atoms with Gasteiger partial charge < -0.3 is 15.4 Å². The van der Waals surface area contributed by atoms with Gasteiger partial charge in [-0.05, 0) is 53.3 Å². The molecule has 0 bridgehead atoms. The van der Waals surface area contributed by atoms with Crippen LogP contribution in [-0.2, 0) is 13.1 Å². The molecule has 3 rings (SSSR count). The number of aryl methyl sites for hydroxylation is 1. The van der Waals surface area contributed by atoms with Gasteiger partial charge in [-0.3, -0.25) is 4.98 Å². The van der Waals surface area contributed by atoms with Crippen molar-refractivity contribution in [3.63, 3.8) is 0 Å². The number of hydrogen-bond acceptors (Lipinski definition) is 4. The molecular weight excluding hydrogens is 322 g/mol. The number of urea groups is 1. The van der Waals surface area contributed by atoms with Gasteiger partial charge in [0.1, 0.15) is 5.75 Å². The number of ether oxygens (including phenoxy) is 1. The van der Waals surface area contributed by atoms with E-state index in [1.54, 1.807) is 24.6 Å². The molecular formula is C18H19N3O2S. The molecule has 0 fully saturated rings. The molecule has 0 atom stereocenters. The molecule has 24 heavy (non-hydrogen) atoms. The highest BCUT2D eigenvalue weighted by molar-refractivity contribution is 7.17. The summed E-state index contributed by atoms with van der Waals surface area (Å²) in [7, 11) is 1.64. The predicted molar refractivity (Wildman–Crippen MR) is 96.4 cm³/mol. The minimum absolute atomic E-state index is 0.207. The third-order valence-electron chi connectivity index (χ3n) is 3.61. The second-order valence-electron chi connectivity index (χ2n) is 5.54. The summed E-state index contributed by atoms with van der Waals surface area (Å²) in [6.45, 7) is 2.90. The van der Waals surface area contributed by atoms with Crippen LogP contribution in [0.15, 0.2) is 41.9 Å². The van der Waals surface area contributed by atoms with Crippen molar-refractivity contribution in [1.82, 2.24) is 15.6 Å². The molecule has 2 N–H and O–H groups in total. The van der Waals surface area contributed by atoms with Crippen LogP contribution in [0.5, 0.6) is 5.75 Å². The minimum atomic E-state index is -0.207. The van der Waals surface area contributed by atoms with Gasteiger partial charge in [0, 0.05) is 19.3 Å². The highest BCUT2D eigenvalue weighted by Crippen LogP contribution is 2.19. The number of carbonyl (C=O) groups is 1. The Kier molecular flexibility index (Phi) is 4.96. The Bertz CT molecular complexity index is 860. The number of nitrogens with zero attached hydrogens (tertiary/aromatic N) is 1. The van der Waals surface area contributed by atoms with Gasteiger partial charge in [-0.15, -0.1) is 11.3 Å². The average Bonchev–Trinajstić information content (AvgIpc) is 3.05. The molecule has 3 aromatic rings. The van der Waals surface area contributed by atoms with Gasteiger partial charge in [0.2, 0.25) is 0 Å². The first kappa shape index (κ1) is 16.3. The van der Waals surface area contributed by atoms with E-state index in [2.05, 4.69) is 21.7 Å². The summed E-state index contributed by atoms with van der Waals surface area (Å²) in [5.41, 5.74) is 4.07. The highest BCUT2D eigenvalue weighted by Gasteiger charge is 2.04. The van der Waals surface area contributed by atoms with Crippen LogP contribution in [-0.4, -0.2) is 18.1 Å². The number of carbonyl (C=O) groups excluding carboxylic acids is 1. The molecule has 1 aromatic carbocycles. The molecule has 6 heteroatoms. The van der Waals surface area contributed by atoms with Crippen molar-refractivity contribution in [2.45, 2.75) is 20.0 Å². The lowest BCUT2D eigenvalue weighted by molar-refractivity contribution is 0.240. The van der Waals surface area contributed by atoms with Gasteiger partial charge in [0.05, 0.1) is 17.3 Å². The smallest absolute Gasteiger partial charge is 0.315 e. The summed E-state index contributed by atoms with van der Waals surface area (Å²) >= 11 is 1.65. The summed E-state index contributed by atoms with van der Waals surface area (Å²) in [4.78, 5) is 16.3. The first-order valence-electron chi connectivity index (χ1n) is 7.62. The summed E-state index contributed by atoms with van der Waals surface area (Å²) in [6, 6.07) is 9.73. The lowest BCUT2D eigenvalue weighted by Gasteiger charge is -2.10. The number of rotatable bonds is 5. The number of pyridine rings is 1. The van der Waals surface area contributed by atoms with E-state index in [4.69, 9.17) is 4.74 Å². The minimum Gasteiger partial charge on any atom is -0.497 e. The Morgan fingerprint density at radius 1 is 1.17 bits per heavy atom. The second-order valence-corrected chi connectivity index (χ2v) is 6.49. The van der Waals surface area contributed by atoms with Crippen molar-refractivity contribution in [1.29, 1.82) is 0 Å². The van der Waals surface area contributed by atoms with Crippen LogP contribution in [0.3, 0.4) is 0 Å². The molecule has 2 heterocycles. The summed E-state index contributed by atoms with van der Waals surface area (Å²) < 4.78 is 6.37. The van der Waals surface area contributed by atoms with E-state index in [1.807, 2.05) is 36.6 Å². The van der Waals surface area contributed by atoms with E-state index in [1.165, 1.54) is 0 Å². The van der Waals surface area contributed by atoms with Crippen molar-refractivity contribution < 1.29 is 9.53 Å². The van der Waals surface area contributed by atoms with Crippen LogP contribution in [0.25, 0.3) is 10.2 Å². The lowest BCUT2D eigenvalue weighted by atomic mass is 10.1. The maximum atomic E-state index is 12.0. The molecule has 0 aliphatic carbocycles. The zero-order valence-corrected chi connectivity index (χ0v) is 14.4. The molecule has 0 radical (unpaired) electrons. The Morgan fingerprint density at radius 3 is 2.75 bits per heavy atom. The van der Waals surface area contributed by atoms with Gasteiger partial charge in [0.25, 0.3) is 0 Å². The van der Waals surface area contributed by atoms with Crippen molar-refractivity contribution in [3.8, 4) is 5.75 Å². The SMILES string of the molecule is COc1cc(C)cc(CNC(=O)NCc2cnc3ccsc3c2)c1. The molecule has 0 aliphatic heterocycles. The Balaban J connectivity index is 1.53. The Morgan fingerprint density at radius 2 is 1.96 bits per heavy atom. The van der Waals surface area contributed by atoms with Gasteiger partial charge in [-0.2, -0.15) is 0 Å². The second kappa shape index (κ2) is 7.31. The van der Waals surface area contributed by atoms with E-state index < -0.39 is 0 Å². The number of amides is 2. The standard InChI is InChI=1S/C18H19N3O2S/c1-12-5-13(7-15(6-12)23-2)9-20-18(22)21-11-14-8-17-16(19-10-14)3-4-24-17/h3-8,10H,9,11H2,1-2H3,(H2,20,21,22). The molecule has 0 aliphatic rings. The number of fused-ring (bicyclic) bond motifs is 1. The van der Waals surface area contributed by atoms with Gasteiger partial charge >= 0.3 is 6.03 Å². The molecule has 0 saturated heterocycles. The monoisotopic (exact) mass is 341 g/mol. The van der Waals surface area contributed by atoms with Crippen molar-refractivity contribution in [3.05, 3.63) is 58.6 Å². The average molecular weight is 341 g/mol. The van der Waals surface area contributed by atoms with Gasteiger partial charge in [-0.1, -0.05) is 6.07 Å². The third-order valence-corrected chi connectivity index (χ3v) is 4.46. The summed E-state index contributed by atoms with van der Waals surface area (Å²) in [5.74, 6) is 0.794. The summed E-state index contributed by atoms with van der Waals surface area (Å²) in [6.07, 6.45) is 1.79. The van der Waals surface area contributed by atoms with E-state index in [-0.39, 0.29) is 6.03 Å². The lowest BCUT2D eigenvalue weighted by Crippen LogP contribution is -2.34. The molecule has 2 amide bonds. The third kappa shape index (κ3) is 4.02. The Hall–Kier alpha value is -2.60. The van der Waals surface area contributed by atoms with E-state index in [9.17, 15) is 4.79 Å². The normalized spacial score (nSPS) is 10.6. The van der Waals surface area contributed by atoms with E-state index in [0.29, 0.717) is 13.1 Å². The van der Waals surface area contributed by atoms with Crippen LogP contribution in [0, 0.1) is 6.92 Å². The quantitative estimate of drug-likeness (QED) is 0.745. The van der Waals surface area contributed by atoms with Crippen LogP contribution < -0.4 is 15.4 Å². The Labute approximate surface area is 144 Å². The van der Waals surface area contributed by atoms with Crippen molar-refractivity contribution in [2.24, 2.45) is 0 Å². The van der Waals surface area contributed by atoms with Crippen LogP contribution in [0.4, 0.5) is 4.79 Å². The van der Waals surface area contributed by atoms with E-state index in [0.717, 1.165) is 32.7 Å². The van der Waals surface area contributed by atoms with Crippen LogP contribution in [0.2, 0.25) is 0 Å². The number of benzene rings is 1. The fourth-order valence-corrected chi connectivity index (χ4v) is 3.26. The molecule has 2 aromatic heterocycles. The van der Waals surface area contributed by atoms with Crippen LogP contribution in [0.1, 0.15) is 16.7 Å². The number of hydrogen-bond donors (Lipinski definition) is 2. The maximum absolute atomic E-state index is 12.0. The molecule has 124 valence electrons. The molecule has 0 spiro atoms. The fraction of sp³-hybridized carbons (Fsp3) is 0.222. The largest absolute Gasteiger partial charge is 0.497 e. The zero-order valence-electron chi connectivity index (χ0n) is 13.6. The predicted octanol–water partition coefficient (Wildman–Crippen LogP) is 3.61. The molecule has 0 saturated carbocycles. The van der Waals surface area contributed by atoms with Crippen LogP contribution >= 0.6 is 11.3 Å².